The first-order valence-corrected chi connectivity index (χ1v) is 17.1. The average molecular weight is 651 g/mol. The summed E-state index contributed by atoms with van der Waals surface area (Å²) in [7, 11) is 0. The molecule has 3 aliphatic rings. The number of halogens is 1. The van der Waals surface area contributed by atoms with Crippen molar-refractivity contribution >= 4 is 40.9 Å². The number of nitrogens with one attached hydrogen (secondary N) is 3. The molecule has 0 unspecified atom stereocenters. The van der Waals surface area contributed by atoms with Gasteiger partial charge < -0.3 is 30.7 Å². The maximum atomic E-state index is 14.2. The van der Waals surface area contributed by atoms with Crippen LogP contribution < -0.4 is 20.9 Å². The first-order chi connectivity index (χ1) is 22.3. The Morgan fingerprint density at radius 2 is 1.65 bits per heavy atom. The van der Waals surface area contributed by atoms with Crippen molar-refractivity contribution in [1.29, 1.82) is 0 Å². The summed E-state index contributed by atoms with van der Waals surface area (Å²) in [5.74, 6) is -0.603. The standard InChI is InChI=1S/C35H47ClN6O4/c1-2-19-37-23-31(43)39-30(22-26-13-15-27(36)16-14-26)33(45)40-20-17-35(18-21-40)34(46)41(25-42(35)29-11-7-4-8-12-29)24-32(44)38-28-9-5-3-6-10-28/h4,7-8,11-16,28,30,37H,2-3,5-6,9-10,17-25H2,1H3,(H,38,44)(H,39,43)/t30-/m1/s1. The molecule has 10 nitrogen and oxygen atoms in total. The number of anilines is 1. The number of amides is 4. The van der Waals surface area contributed by atoms with E-state index < -0.39 is 11.6 Å². The summed E-state index contributed by atoms with van der Waals surface area (Å²) in [5, 5.41) is 9.80. The zero-order valence-electron chi connectivity index (χ0n) is 26.8. The number of rotatable bonds is 12. The highest BCUT2D eigenvalue weighted by atomic mass is 35.5. The third-order valence-electron chi connectivity index (χ3n) is 9.49. The highest BCUT2D eigenvalue weighted by Crippen LogP contribution is 2.39. The van der Waals surface area contributed by atoms with Gasteiger partial charge in [-0.15, -0.1) is 0 Å². The lowest BCUT2D eigenvalue weighted by Crippen LogP contribution is -2.60. The van der Waals surface area contributed by atoms with E-state index in [1.165, 1.54) is 6.42 Å². The maximum absolute atomic E-state index is 14.2. The average Bonchev–Trinajstić information content (AvgIpc) is 3.32. The molecule has 1 aliphatic carbocycles. The van der Waals surface area contributed by atoms with E-state index in [2.05, 4.69) is 20.9 Å². The first-order valence-electron chi connectivity index (χ1n) is 16.7. The number of benzene rings is 2. The van der Waals surface area contributed by atoms with Gasteiger partial charge in [0.1, 0.15) is 18.1 Å². The maximum Gasteiger partial charge on any atom is 0.250 e. The monoisotopic (exact) mass is 650 g/mol. The molecule has 3 N–H and O–H groups in total. The summed E-state index contributed by atoms with van der Waals surface area (Å²) in [6.45, 7) is 3.92. The van der Waals surface area contributed by atoms with Crippen molar-refractivity contribution in [3.8, 4) is 0 Å². The van der Waals surface area contributed by atoms with E-state index in [4.69, 9.17) is 11.6 Å². The van der Waals surface area contributed by atoms with Crippen molar-refractivity contribution in [2.24, 2.45) is 0 Å². The van der Waals surface area contributed by atoms with Crippen molar-refractivity contribution in [2.75, 3.05) is 44.3 Å². The van der Waals surface area contributed by atoms with Crippen LogP contribution in [0.25, 0.3) is 0 Å². The van der Waals surface area contributed by atoms with Gasteiger partial charge in [-0.25, -0.2) is 0 Å². The Kier molecular flexibility index (Phi) is 11.6. The highest BCUT2D eigenvalue weighted by molar-refractivity contribution is 6.30. The molecule has 46 heavy (non-hydrogen) atoms. The van der Waals surface area contributed by atoms with Gasteiger partial charge in [0, 0.05) is 36.3 Å². The molecule has 2 aliphatic heterocycles. The van der Waals surface area contributed by atoms with Crippen LogP contribution in [0.5, 0.6) is 0 Å². The molecule has 248 valence electrons. The van der Waals surface area contributed by atoms with Gasteiger partial charge in [-0.3, -0.25) is 19.2 Å². The van der Waals surface area contributed by atoms with Crippen LogP contribution in [0.2, 0.25) is 5.02 Å². The lowest BCUT2D eigenvalue weighted by molar-refractivity contribution is -0.141. The SMILES string of the molecule is CCCNCC(=O)N[C@H](Cc1ccc(Cl)cc1)C(=O)N1CCC2(CC1)C(=O)N(CC(=O)NC1CCCCC1)CN2c1ccccc1. The van der Waals surface area contributed by atoms with E-state index >= 15 is 0 Å². The minimum atomic E-state index is -0.859. The molecular weight excluding hydrogens is 604 g/mol. The molecule has 2 aromatic carbocycles. The second-order valence-electron chi connectivity index (χ2n) is 12.8. The molecule has 11 heteroatoms. The minimum Gasteiger partial charge on any atom is -0.352 e. The van der Waals surface area contributed by atoms with Gasteiger partial charge in [0.15, 0.2) is 0 Å². The molecule has 2 heterocycles. The number of hydrogen-bond donors (Lipinski definition) is 3. The Labute approximate surface area is 277 Å². The van der Waals surface area contributed by atoms with Gasteiger partial charge in [0.2, 0.25) is 17.7 Å². The van der Waals surface area contributed by atoms with Crippen LogP contribution in [-0.2, 0) is 25.6 Å². The zero-order chi connectivity index (χ0) is 32.5. The third kappa shape index (κ3) is 8.20. The van der Waals surface area contributed by atoms with Crippen molar-refractivity contribution in [3.05, 3.63) is 65.2 Å². The van der Waals surface area contributed by atoms with E-state index in [1.54, 1.807) is 21.9 Å². The van der Waals surface area contributed by atoms with Gasteiger partial charge in [0.25, 0.3) is 5.91 Å². The molecule has 4 amide bonds. The summed E-state index contributed by atoms with van der Waals surface area (Å²) in [4.78, 5) is 59.5. The Balaban J connectivity index is 1.29. The smallest absolute Gasteiger partial charge is 0.250 e. The Bertz CT molecular complexity index is 1340. The highest BCUT2D eigenvalue weighted by Gasteiger charge is 2.54. The second-order valence-corrected chi connectivity index (χ2v) is 13.2. The number of nitrogens with zero attached hydrogens (tertiary/aromatic N) is 3. The van der Waals surface area contributed by atoms with E-state index in [-0.39, 0.29) is 42.8 Å². The summed E-state index contributed by atoms with van der Waals surface area (Å²) >= 11 is 6.09. The molecule has 3 fully saturated rings. The molecule has 0 bridgehead atoms. The third-order valence-corrected chi connectivity index (χ3v) is 9.74. The summed E-state index contributed by atoms with van der Waals surface area (Å²) in [6, 6.07) is 16.5. The molecule has 1 saturated carbocycles. The van der Waals surface area contributed by atoms with Crippen molar-refractivity contribution < 1.29 is 19.2 Å². The fourth-order valence-corrected chi connectivity index (χ4v) is 7.14. The summed E-state index contributed by atoms with van der Waals surface area (Å²) < 4.78 is 0. The van der Waals surface area contributed by atoms with Gasteiger partial charge in [-0.2, -0.15) is 0 Å². The predicted octanol–water partition coefficient (Wildman–Crippen LogP) is 3.48. The molecule has 2 saturated heterocycles. The van der Waals surface area contributed by atoms with Crippen molar-refractivity contribution in [1.82, 2.24) is 25.8 Å². The van der Waals surface area contributed by atoms with Gasteiger partial charge in [0.05, 0.1) is 13.2 Å². The van der Waals surface area contributed by atoms with E-state index in [0.717, 1.165) is 43.4 Å². The van der Waals surface area contributed by atoms with Crippen LogP contribution in [0, 0.1) is 0 Å². The number of likely N-dealkylation sites (tertiary alicyclic amines) is 1. The van der Waals surface area contributed by atoms with E-state index in [9.17, 15) is 19.2 Å². The lowest BCUT2D eigenvalue weighted by atomic mass is 9.85. The second kappa shape index (κ2) is 15.8. The van der Waals surface area contributed by atoms with Crippen LogP contribution in [-0.4, -0.2) is 90.4 Å². The minimum absolute atomic E-state index is 0.0182. The number of hydrogen-bond acceptors (Lipinski definition) is 6. The fraction of sp³-hybridized carbons (Fsp3) is 0.543. The fourth-order valence-electron chi connectivity index (χ4n) is 7.01. The predicted molar refractivity (Wildman–Crippen MR) is 179 cm³/mol. The van der Waals surface area contributed by atoms with Crippen molar-refractivity contribution in [2.45, 2.75) is 82.3 Å². The van der Waals surface area contributed by atoms with Crippen LogP contribution >= 0.6 is 11.6 Å². The zero-order valence-corrected chi connectivity index (χ0v) is 27.6. The van der Waals surface area contributed by atoms with E-state index in [1.807, 2.05) is 49.4 Å². The largest absolute Gasteiger partial charge is 0.352 e. The first kappa shape index (κ1) is 33.7. The lowest BCUT2D eigenvalue weighted by Gasteiger charge is -2.44. The molecule has 2 aromatic rings. The van der Waals surface area contributed by atoms with Gasteiger partial charge in [-0.05, 0) is 68.5 Å². The molecule has 5 rings (SSSR count). The molecular formula is C35H47ClN6O4. The normalized spacial score (nSPS) is 18.9. The number of carbonyl (C=O) groups excluding carboxylic acids is 4. The Hall–Kier alpha value is -3.63. The van der Waals surface area contributed by atoms with E-state index in [0.29, 0.717) is 50.6 Å². The van der Waals surface area contributed by atoms with Crippen LogP contribution in [0.15, 0.2) is 54.6 Å². The quantitative estimate of drug-likeness (QED) is 0.303. The molecule has 0 aromatic heterocycles. The van der Waals surface area contributed by atoms with Gasteiger partial charge >= 0.3 is 0 Å². The van der Waals surface area contributed by atoms with Crippen LogP contribution in [0.1, 0.15) is 63.9 Å². The topological polar surface area (TPSA) is 114 Å². The van der Waals surface area contributed by atoms with Gasteiger partial charge in [-0.1, -0.05) is 68.1 Å². The number of piperidine rings is 1. The number of para-hydroxylation sites is 1. The molecule has 0 radical (unpaired) electrons. The molecule has 1 spiro atoms. The Morgan fingerprint density at radius 1 is 0.957 bits per heavy atom. The summed E-state index contributed by atoms with van der Waals surface area (Å²) in [5.41, 5.74) is 0.946. The number of carbonyl (C=O) groups is 4. The summed E-state index contributed by atoms with van der Waals surface area (Å²) in [6.07, 6.45) is 7.49. The van der Waals surface area contributed by atoms with Crippen molar-refractivity contribution in [3.63, 3.8) is 0 Å². The van der Waals surface area contributed by atoms with Crippen LogP contribution in [0.3, 0.4) is 0 Å². The van der Waals surface area contributed by atoms with Crippen LogP contribution in [0.4, 0.5) is 5.69 Å². The molecule has 1 atom stereocenters. The Morgan fingerprint density at radius 3 is 2.33 bits per heavy atom.